The molecule has 0 fully saturated rings. The second-order valence-corrected chi connectivity index (χ2v) is 7.81. The Kier molecular flexibility index (Phi) is 9.04. The Morgan fingerprint density at radius 1 is 1.23 bits per heavy atom. The molecule has 0 atom stereocenters. The van der Waals surface area contributed by atoms with Gasteiger partial charge in [0.05, 0.1) is 24.5 Å². The third kappa shape index (κ3) is 6.28. The Hall–Kier alpha value is -4.09. The van der Waals surface area contributed by atoms with Crippen molar-refractivity contribution in [3.63, 3.8) is 0 Å². The second-order valence-electron chi connectivity index (χ2n) is 7.81. The van der Waals surface area contributed by atoms with Gasteiger partial charge in [0.15, 0.2) is 0 Å². The lowest BCUT2D eigenvalue weighted by Crippen LogP contribution is -2.12. The molecule has 0 amide bonds. The van der Waals surface area contributed by atoms with Gasteiger partial charge in [-0.05, 0) is 50.1 Å². The molecule has 8 nitrogen and oxygen atoms in total. The number of ether oxygens (including phenoxy) is 2. The predicted octanol–water partition coefficient (Wildman–Crippen LogP) is 4.95. The number of fused-ring (bicyclic) bond motifs is 1. The normalized spacial score (nSPS) is 11.2. The second kappa shape index (κ2) is 12.4. The molecule has 0 radical (unpaired) electrons. The molecule has 0 aliphatic rings. The summed E-state index contributed by atoms with van der Waals surface area (Å²) in [6.07, 6.45) is 3.86. The van der Waals surface area contributed by atoms with Crippen molar-refractivity contribution in [3.05, 3.63) is 71.9 Å². The number of nitriles is 1. The molecule has 0 unspecified atom stereocenters. The van der Waals surface area contributed by atoms with Crippen molar-refractivity contribution >= 4 is 28.5 Å². The largest absolute Gasteiger partial charge is 0.492 e. The lowest BCUT2D eigenvalue weighted by atomic mass is 10.1. The summed E-state index contributed by atoms with van der Waals surface area (Å²) in [6, 6.07) is 15.1. The zero-order valence-corrected chi connectivity index (χ0v) is 20.1. The van der Waals surface area contributed by atoms with Crippen molar-refractivity contribution in [3.8, 4) is 11.8 Å². The summed E-state index contributed by atoms with van der Waals surface area (Å²) in [4.78, 5) is 21.2. The summed E-state index contributed by atoms with van der Waals surface area (Å²) in [5.74, 6) is 5.98. The zero-order chi connectivity index (χ0) is 25.2. The Labute approximate surface area is 205 Å². The van der Waals surface area contributed by atoms with E-state index in [4.69, 9.17) is 20.2 Å². The van der Waals surface area contributed by atoms with Crippen molar-refractivity contribution in [2.45, 2.75) is 39.7 Å². The summed E-state index contributed by atoms with van der Waals surface area (Å²) in [5, 5.41) is 10.5. The molecule has 0 bridgehead atoms. The Balaban J connectivity index is 1.84. The van der Waals surface area contributed by atoms with Crippen molar-refractivity contribution in [1.82, 2.24) is 4.57 Å². The van der Waals surface area contributed by atoms with Crippen LogP contribution in [0.3, 0.4) is 0 Å². The average molecular weight is 475 g/mol. The molecular weight excluding hydrogens is 444 g/mol. The summed E-state index contributed by atoms with van der Waals surface area (Å²) < 4.78 is 12.7. The van der Waals surface area contributed by atoms with Gasteiger partial charge in [-0.1, -0.05) is 25.6 Å². The Bertz CT molecular complexity index is 1270. The van der Waals surface area contributed by atoms with E-state index in [1.807, 2.05) is 37.4 Å². The van der Waals surface area contributed by atoms with Crippen LogP contribution in [0.15, 0.2) is 60.2 Å². The van der Waals surface area contributed by atoms with Gasteiger partial charge in [-0.2, -0.15) is 11.2 Å². The van der Waals surface area contributed by atoms with E-state index in [-0.39, 0.29) is 11.9 Å². The minimum atomic E-state index is -0.189. The minimum absolute atomic E-state index is 0.138. The molecule has 0 saturated heterocycles. The number of rotatable bonds is 11. The van der Waals surface area contributed by atoms with E-state index in [1.54, 1.807) is 25.1 Å². The standard InChI is InChI=1S/C27H30N4O4/c1-4-16-34-25-12-11-20(17-21(25)18-28)27(35-29)30-19(3)22-8-6-9-24-23(22)13-15-31(24)14-7-10-26(32)33-5-2/h6,8-9,11-13,15,17H,3-5,7,10,14,16,29H2,1-2H3/b30-27-. The van der Waals surface area contributed by atoms with Gasteiger partial charge in [-0.25, -0.2) is 4.99 Å². The van der Waals surface area contributed by atoms with Crippen molar-refractivity contribution in [1.29, 1.82) is 5.26 Å². The number of nitrogens with two attached hydrogens (primary N) is 1. The van der Waals surface area contributed by atoms with Crippen LogP contribution in [-0.4, -0.2) is 29.6 Å². The van der Waals surface area contributed by atoms with Crippen LogP contribution < -0.4 is 10.6 Å². The van der Waals surface area contributed by atoms with Gasteiger partial charge in [0.2, 0.25) is 5.90 Å². The SMILES string of the molecule is C=C(/N=C(\ON)c1ccc(OCCC)c(C#N)c1)c1cccc2c1ccn2CCCC(=O)OCC. The van der Waals surface area contributed by atoms with Crippen LogP contribution in [-0.2, 0) is 20.9 Å². The molecule has 2 N–H and O–H groups in total. The number of nitrogens with zero attached hydrogens (tertiary/aromatic N) is 3. The average Bonchev–Trinajstić information content (AvgIpc) is 3.29. The topological polar surface area (TPSA) is 112 Å². The number of aromatic nitrogens is 1. The highest BCUT2D eigenvalue weighted by Crippen LogP contribution is 2.28. The number of benzene rings is 2. The molecule has 1 aromatic heterocycles. The lowest BCUT2D eigenvalue weighted by molar-refractivity contribution is -0.143. The number of carbonyl (C=O) groups is 1. The highest BCUT2D eigenvalue weighted by atomic mass is 16.6. The maximum Gasteiger partial charge on any atom is 0.305 e. The van der Waals surface area contributed by atoms with Gasteiger partial charge in [0.1, 0.15) is 11.8 Å². The molecule has 182 valence electrons. The molecule has 0 aliphatic heterocycles. The first-order chi connectivity index (χ1) is 17.0. The molecular formula is C27H30N4O4. The summed E-state index contributed by atoms with van der Waals surface area (Å²) in [5.41, 5.74) is 3.20. The van der Waals surface area contributed by atoms with E-state index in [9.17, 15) is 10.1 Å². The highest BCUT2D eigenvalue weighted by Gasteiger charge is 2.13. The monoisotopic (exact) mass is 474 g/mol. The molecule has 1 heterocycles. The molecule has 8 heteroatoms. The van der Waals surface area contributed by atoms with E-state index in [0.29, 0.717) is 55.2 Å². The van der Waals surface area contributed by atoms with Crippen molar-refractivity contribution in [2.24, 2.45) is 10.9 Å². The van der Waals surface area contributed by atoms with Crippen LogP contribution in [0.4, 0.5) is 0 Å². The number of hydrogen-bond donors (Lipinski definition) is 1. The van der Waals surface area contributed by atoms with Gasteiger partial charge < -0.3 is 18.9 Å². The Morgan fingerprint density at radius 2 is 2.06 bits per heavy atom. The fourth-order valence-corrected chi connectivity index (χ4v) is 3.73. The van der Waals surface area contributed by atoms with Gasteiger partial charge in [0.25, 0.3) is 0 Å². The first-order valence-electron chi connectivity index (χ1n) is 11.6. The summed E-state index contributed by atoms with van der Waals surface area (Å²) >= 11 is 0. The number of aliphatic imine (C=N–C) groups is 1. The first kappa shape index (κ1) is 25.5. The van der Waals surface area contributed by atoms with Gasteiger partial charge in [-0.15, -0.1) is 0 Å². The molecule has 0 aliphatic carbocycles. The van der Waals surface area contributed by atoms with Crippen LogP contribution in [0.5, 0.6) is 5.75 Å². The van der Waals surface area contributed by atoms with Crippen LogP contribution in [0.1, 0.15) is 49.8 Å². The van der Waals surface area contributed by atoms with E-state index < -0.39 is 0 Å². The number of carbonyl (C=O) groups excluding carboxylic acids is 1. The molecule has 3 aromatic rings. The molecule has 0 spiro atoms. The number of esters is 1. The smallest absolute Gasteiger partial charge is 0.305 e. The zero-order valence-electron chi connectivity index (χ0n) is 20.1. The molecule has 3 rings (SSSR count). The maximum absolute atomic E-state index is 11.6. The third-order valence-corrected chi connectivity index (χ3v) is 5.37. The highest BCUT2D eigenvalue weighted by molar-refractivity contribution is 6.00. The maximum atomic E-state index is 11.6. The minimum Gasteiger partial charge on any atom is -0.492 e. The molecule has 35 heavy (non-hydrogen) atoms. The van der Waals surface area contributed by atoms with Gasteiger partial charge in [-0.3, -0.25) is 4.79 Å². The summed E-state index contributed by atoms with van der Waals surface area (Å²) in [7, 11) is 0. The van der Waals surface area contributed by atoms with E-state index in [0.717, 1.165) is 22.9 Å². The van der Waals surface area contributed by atoms with Crippen LogP contribution in [0.2, 0.25) is 0 Å². The Morgan fingerprint density at radius 3 is 2.77 bits per heavy atom. The lowest BCUT2D eigenvalue weighted by Gasteiger charge is -2.11. The van der Waals surface area contributed by atoms with Crippen molar-refractivity contribution < 1.29 is 19.1 Å². The molecule has 0 saturated carbocycles. The quantitative estimate of drug-likeness (QED) is 0.182. The van der Waals surface area contributed by atoms with E-state index in [2.05, 4.69) is 22.2 Å². The fourth-order valence-electron chi connectivity index (χ4n) is 3.73. The van der Waals surface area contributed by atoms with Crippen LogP contribution >= 0.6 is 0 Å². The van der Waals surface area contributed by atoms with Crippen molar-refractivity contribution in [2.75, 3.05) is 13.2 Å². The van der Waals surface area contributed by atoms with Crippen LogP contribution in [0.25, 0.3) is 16.6 Å². The predicted molar refractivity (Wildman–Crippen MR) is 136 cm³/mol. The van der Waals surface area contributed by atoms with E-state index >= 15 is 0 Å². The first-order valence-corrected chi connectivity index (χ1v) is 11.6. The number of hydrogen-bond acceptors (Lipinski definition) is 7. The third-order valence-electron chi connectivity index (χ3n) is 5.37. The number of aryl methyl sites for hydroxylation is 1. The van der Waals surface area contributed by atoms with Crippen LogP contribution in [0, 0.1) is 11.3 Å². The summed E-state index contributed by atoms with van der Waals surface area (Å²) in [6.45, 7) is 9.51. The van der Waals surface area contributed by atoms with Gasteiger partial charge in [0, 0.05) is 41.2 Å². The van der Waals surface area contributed by atoms with E-state index in [1.165, 1.54) is 0 Å². The fraction of sp³-hybridized carbons (Fsp3) is 0.296. The molecule has 2 aromatic carbocycles. The van der Waals surface area contributed by atoms with Gasteiger partial charge >= 0.3 is 5.97 Å².